The van der Waals surface area contributed by atoms with Gasteiger partial charge in [-0.05, 0) is 35.4 Å². The van der Waals surface area contributed by atoms with Gasteiger partial charge in [0.1, 0.15) is 0 Å². The van der Waals surface area contributed by atoms with E-state index in [-0.39, 0.29) is 0 Å². The minimum absolute atomic E-state index is 0.776. The predicted octanol–water partition coefficient (Wildman–Crippen LogP) is 2.87. The summed E-state index contributed by atoms with van der Waals surface area (Å²) in [7, 11) is 0. The molecule has 0 bridgehead atoms. The molecule has 0 fully saturated rings. The molecule has 3 heteroatoms. The Bertz CT molecular complexity index is 357. The third kappa shape index (κ3) is 3.30. The molecule has 0 amide bonds. The van der Waals surface area contributed by atoms with Crippen molar-refractivity contribution in [2.75, 3.05) is 19.6 Å². The maximum atomic E-state index is 3.44. The summed E-state index contributed by atoms with van der Waals surface area (Å²) in [5.41, 5.74) is 3.17. The lowest BCUT2D eigenvalue weighted by molar-refractivity contribution is 0.229. The minimum Gasteiger partial charge on any atom is -0.313 e. The monoisotopic (exact) mass is 252 g/mol. The second-order valence-corrected chi connectivity index (χ2v) is 6.29. The molecule has 0 unspecified atom stereocenters. The molecule has 1 N–H and O–H groups in total. The Hall–Kier alpha value is -0.380. The molecule has 17 heavy (non-hydrogen) atoms. The quantitative estimate of drug-likeness (QED) is 0.867. The fourth-order valence-corrected chi connectivity index (χ4v) is 3.67. The van der Waals surface area contributed by atoms with Crippen LogP contribution in [-0.2, 0) is 19.5 Å². The lowest BCUT2D eigenvalue weighted by Crippen LogP contribution is -2.33. The van der Waals surface area contributed by atoms with Crippen LogP contribution in [0.1, 0.15) is 36.8 Å². The van der Waals surface area contributed by atoms with Crippen LogP contribution in [0.25, 0.3) is 0 Å². The highest BCUT2D eigenvalue weighted by molar-refractivity contribution is 7.10. The van der Waals surface area contributed by atoms with Gasteiger partial charge in [-0.3, -0.25) is 4.90 Å². The highest BCUT2D eigenvalue weighted by Gasteiger charge is 2.20. The van der Waals surface area contributed by atoms with Gasteiger partial charge in [-0.15, -0.1) is 11.3 Å². The lowest BCUT2D eigenvalue weighted by atomic mass is 10.0. The fourth-order valence-electron chi connectivity index (χ4n) is 2.53. The molecule has 0 spiro atoms. The average Bonchev–Trinajstić information content (AvgIpc) is 2.68. The first-order valence-electron chi connectivity index (χ1n) is 6.72. The van der Waals surface area contributed by atoms with Crippen LogP contribution < -0.4 is 5.32 Å². The van der Waals surface area contributed by atoms with Crippen LogP contribution in [0.4, 0.5) is 0 Å². The van der Waals surface area contributed by atoms with Crippen molar-refractivity contribution in [3.63, 3.8) is 0 Å². The topological polar surface area (TPSA) is 15.3 Å². The van der Waals surface area contributed by atoms with E-state index < -0.39 is 0 Å². The van der Waals surface area contributed by atoms with Crippen molar-refractivity contribution in [1.29, 1.82) is 0 Å². The Kier molecular flexibility index (Phi) is 4.60. The highest BCUT2D eigenvalue weighted by Crippen LogP contribution is 2.28. The SMILES string of the molecule is CCNCc1csc2c1CCN(CC(C)C)C2. The Morgan fingerprint density at radius 3 is 3.00 bits per heavy atom. The summed E-state index contributed by atoms with van der Waals surface area (Å²) >= 11 is 1.95. The van der Waals surface area contributed by atoms with Crippen molar-refractivity contribution in [2.45, 2.75) is 40.3 Å². The van der Waals surface area contributed by atoms with E-state index in [1.54, 1.807) is 10.4 Å². The molecule has 1 aliphatic heterocycles. The van der Waals surface area contributed by atoms with Gasteiger partial charge in [-0.25, -0.2) is 0 Å². The van der Waals surface area contributed by atoms with Gasteiger partial charge in [0, 0.05) is 31.1 Å². The smallest absolute Gasteiger partial charge is 0.0331 e. The van der Waals surface area contributed by atoms with Crippen LogP contribution in [-0.4, -0.2) is 24.5 Å². The minimum atomic E-state index is 0.776. The Balaban J connectivity index is 2.00. The van der Waals surface area contributed by atoms with Gasteiger partial charge in [-0.2, -0.15) is 0 Å². The van der Waals surface area contributed by atoms with Gasteiger partial charge in [-0.1, -0.05) is 20.8 Å². The van der Waals surface area contributed by atoms with Gasteiger partial charge < -0.3 is 5.32 Å². The standard InChI is InChI=1S/C14H24N2S/c1-4-15-7-12-10-17-14-9-16(8-11(2)3)6-5-13(12)14/h10-11,15H,4-9H2,1-3H3. The van der Waals surface area contributed by atoms with E-state index >= 15 is 0 Å². The molecule has 0 saturated heterocycles. The van der Waals surface area contributed by atoms with Crippen molar-refractivity contribution in [1.82, 2.24) is 10.2 Å². The predicted molar refractivity (Wildman–Crippen MR) is 75.5 cm³/mol. The molecule has 1 aromatic heterocycles. The first-order chi connectivity index (χ1) is 8.20. The maximum Gasteiger partial charge on any atom is 0.0331 e. The molecule has 2 nitrogen and oxygen atoms in total. The average molecular weight is 252 g/mol. The molecule has 0 aliphatic carbocycles. The van der Waals surface area contributed by atoms with Crippen molar-refractivity contribution >= 4 is 11.3 Å². The Labute approximate surface area is 109 Å². The zero-order chi connectivity index (χ0) is 12.3. The van der Waals surface area contributed by atoms with Crippen molar-refractivity contribution in [3.8, 4) is 0 Å². The zero-order valence-corrected chi connectivity index (χ0v) is 12.1. The second-order valence-electron chi connectivity index (χ2n) is 5.32. The van der Waals surface area contributed by atoms with Crippen LogP contribution in [0.2, 0.25) is 0 Å². The summed E-state index contributed by atoms with van der Waals surface area (Å²) in [6.07, 6.45) is 1.24. The molecular formula is C14H24N2S. The number of nitrogens with one attached hydrogen (secondary N) is 1. The number of nitrogens with zero attached hydrogens (tertiary/aromatic N) is 1. The van der Waals surface area contributed by atoms with Crippen LogP contribution in [0.15, 0.2) is 5.38 Å². The van der Waals surface area contributed by atoms with Gasteiger partial charge in [0.2, 0.25) is 0 Å². The van der Waals surface area contributed by atoms with E-state index in [0.717, 1.165) is 19.0 Å². The normalized spacial score (nSPS) is 16.5. The summed E-state index contributed by atoms with van der Waals surface area (Å²) in [6.45, 7) is 12.5. The molecule has 2 heterocycles. The van der Waals surface area contributed by atoms with E-state index in [9.17, 15) is 0 Å². The molecule has 96 valence electrons. The summed E-state index contributed by atoms with van der Waals surface area (Å²) in [5.74, 6) is 0.776. The fraction of sp³-hybridized carbons (Fsp3) is 0.714. The van der Waals surface area contributed by atoms with Gasteiger partial charge >= 0.3 is 0 Å². The molecule has 1 aromatic rings. The molecule has 0 aromatic carbocycles. The molecular weight excluding hydrogens is 228 g/mol. The number of hydrogen-bond acceptors (Lipinski definition) is 3. The second kappa shape index (κ2) is 5.98. The highest BCUT2D eigenvalue weighted by atomic mass is 32.1. The van der Waals surface area contributed by atoms with Crippen LogP contribution in [0.3, 0.4) is 0 Å². The van der Waals surface area contributed by atoms with Gasteiger partial charge in [0.25, 0.3) is 0 Å². The summed E-state index contributed by atoms with van der Waals surface area (Å²) in [6, 6.07) is 0. The largest absolute Gasteiger partial charge is 0.313 e. The summed E-state index contributed by atoms with van der Waals surface area (Å²) in [5, 5.41) is 5.79. The van der Waals surface area contributed by atoms with Crippen LogP contribution in [0.5, 0.6) is 0 Å². The number of fused-ring (bicyclic) bond motifs is 1. The molecule has 0 atom stereocenters. The maximum absolute atomic E-state index is 3.44. The van der Waals surface area contributed by atoms with Crippen molar-refractivity contribution < 1.29 is 0 Å². The third-order valence-corrected chi connectivity index (χ3v) is 4.36. The van der Waals surface area contributed by atoms with Crippen LogP contribution in [0, 0.1) is 5.92 Å². The molecule has 2 rings (SSSR count). The van der Waals surface area contributed by atoms with E-state index in [0.29, 0.717) is 0 Å². The van der Waals surface area contributed by atoms with E-state index in [1.165, 1.54) is 31.6 Å². The van der Waals surface area contributed by atoms with Crippen molar-refractivity contribution in [3.05, 3.63) is 21.4 Å². The van der Waals surface area contributed by atoms with Gasteiger partial charge in [0.15, 0.2) is 0 Å². The molecule has 0 radical (unpaired) electrons. The van der Waals surface area contributed by atoms with Gasteiger partial charge in [0.05, 0.1) is 0 Å². The Morgan fingerprint density at radius 1 is 1.47 bits per heavy atom. The summed E-state index contributed by atoms with van der Waals surface area (Å²) < 4.78 is 0. The third-order valence-electron chi connectivity index (χ3n) is 3.30. The zero-order valence-electron chi connectivity index (χ0n) is 11.3. The lowest BCUT2D eigenvalue weighted by Gasteiger charge is -2.28. The van der Waals surface area contributed by atoms with E-state index in [4.69, 9.17) is 0 Å². The van der Waals surface area contributed by atoms with Crippen molar-refractivity contribution in [2.24, 2.45) is 5.92 Å². The Morgan fingerprint density at radius 2 is 2.29 bits per heavy atom. The number of hydrogen-bond donors (Lipinski definition) is 1. The van der Waals surface area contributed by atoms with Crippen LogP contribution >= 0.6 is 11.3 Å². The van der Waals surface area contributed by atoms with E-state index in [2.05, 4.69) is 36.4 Å². The first-order valence-corrected chi connectivity index (χ1v) is 7.59. The molecule has 1 aliphatic rings. The van der Waals surface area contributed by atoms with E-state index in [1.807, 2.05) is 11.3 Å². The number of thiophene rings is 1. The molecule has 0 saturated carbocycles. The first kappa shape index (κ1) is 13.1. The summed E-state index contributed by atoms with van der Waals surface area (Å²) in [4.78, 5) is 4.20. The number of rotatable bonds is 5.